The number of nitrogens with zero attached hydrogens (tertiary/aromatic N) is 2. The first kappa shape index (κ1) is 14.3. The largest absolute Gasteiger partial charge is 0.409 e. The molecule has 0 saturated carbocycles. The van der Waals surface area contributed by atoms with Crippen LogP contribution in [0.2, 0.25) is 0 Å². The molecule has 0 amide bonds. The van der Waals surface area contributed by atoms with E-state index in [2.05, 4.69) is 23.9 Å². The van der Waals surface area contributed by atoms with Gasteiger partial charge in [-0.05, 0) is 38.5 Å². The minimum atomic E-state index is -0.402. The van der Waals surface area contributed by atoms with Gasteiger partial charge < -0.3 is 15.8 Å². The number of benzene rings is 1. The zero-order valence-electron chi connectivity index (χ0n) is 11.0. The molecule has 18 heavy (non-hydrogen) atoms. The van der Waals surface area contributed by atoms with E-state index in [4.69, 9.17) is 10.9 Å². The Morgan fingerprint density at radius 3 is 2.67 bits per heavy atom. The van der Waals surface area contributed by atoms with E-state index in [0.717, 1.165) is 18.7 Å². The second-order valence-corrected chi connectivity index (χ2v) is 4.19. The predicted octanol–water partition coefficient (Wildman–Crippen LogP) is 2.54. The maximum absolute atomic E-state index is 13.3. The van der Waals surface area contributed by atoms with Gasteiger partial charge in [-0.2, -0.15) is 0 Å². The SMILES string of the molecule is CCC(C)N(CC)c1ccc(F)cc1C(N)=NO. The summed E-state index contributed by atoms with van der Waals surface area (Å²) in [5.41, 5.74) is 6.80. The normalized spacial score (nSPS) is 13.4. The molecular weight excluding hydrogens is 233 g/mol. The average Bonchev–Trinajstić information content (AvgIpc) is 2.39. The van der Waals surface area contributed by atoms with Gasteiger partial charge >= 0.3 is 0 Å². The highest BCUT2D eigenvalue weighted by atomic mass is 19.1. The molecule has 0 aliphatic rings. The first-order chi connectivity index (χ1) is 8.54. The van der Waals surface area contributed by atoms with Gasteiger partial charge in [0.15, 0.2) is 5.84 Å². The second-order valence-electron chi connectivity index (χ2n) is 4.19. The molecule has 0 spiro atoms. The third kappa shape index (κ3) is 2.91. The van der Waals surface area contributed by atoms with Crippen molar-refractivity contribution >= 4 is 11.5 Å². The molecule has 1 aromatic rings. The number of hydrogen-bond donors (Lipinski definition) is 2. The highest BCUT2D eigenvalue weighted by Crippen LogP contribution is 2.24. The molecule has 100 valence electrons. The number of halogens is 1. The molecule has 1 atom stereocenters. The lowest BCUT2D eigenvalue weighted by atomic mass is 10.1. The molecule has 5 heteroatoms. The molecule has 4 nitrogen and oxygen atoms in total. The van der Waals surface area contributed by atoms with E-state index < -0.39 is 5.82 Å². The van der Waals surface area contributed by atoms with Gasteiger partial charge in [0.25, 0.3) is 0 Å². The van der Waals surface area contributed by atoms with Gasteiger partial charge in [0.05, 0.1) is 0 Å². The molecule has 0 bridgehead atoms. The summed E-state index contributed by atoms with van der Waals surface area (Å²) in [5, 5.41) is 11.7. The molecular formula is C13H20FN3O. The van der Waals surface area contributed by atoms with Gasteiger partial charge in [0.2, 0.25) is 0 Å². The van der Waals surface area contributed by atoms with Crippen LogP contribution in [0, 0.1) is 5.82 Å². The quantitative estimate of drug-likeness (QED) is 0.367. The van der Waals surface area contributed by atoms with Crippen molar-refractivity contribution in [2.75, 3.05) is 11.4 Å². The van der Waals surface area contributed by atoms with Crippen molar-refractivity contribution in [2.24, 2.45) is 10.9 Å². The number of nitrogens with two attached hydrogens (primary N) is 1. The van der Waals surface area contributed by atoms with Crippen LogP contribution in [0.4, 0.5) is 10.1 Å². The number of rotatable bonds is 5. The Labute approximate surface area is 107 Å². The van der Waals surface area contributed by atoms with Crippen molar-refractivity contribution < 1.29 is 9.60 Å². The third-order valence-corrected chi connectivity index (χ3v) is 3.12. The minimum absolute atomic E-state index is 0.0775. The Bertz CT molecular complexity index is 434. The van der Waals surface area contributed by atoms with Crippen molar-refractivity contribution in [3.63, 3.8) is 0 Å². The highest BCUT2D eigenvalue weighted by Gasteiger charge is 2.17. The van der Waals surface area contributed by atoms with Crippen molar-refractivity contribution in [1.29, 1.82) is 0 Å². The molecule has 1 rings (SSSR count). The summed E-state index contributed by atoms with van der Waals surface area (Å²) < 4.78 is 13.3. The standard InChI is InChI=1S/C13H20FN3O/c1-4-9(3)17(5-2)12-7-6-10(14)8-11(12)13(15)16-18/h6-9,18H,4-5H2,1-3H3,(H2,15,16). The van der Waals surface area contributed by atoms with Crippen LogP contribution < -0.4 is 10.6 Å². The fourth-order valence-corrected chi connectivity index (χ4v) is 1.96. The van der Waals surface area contributed by atoms with Gasteiger partial charge in [-0.15, -0.1) is 0 Å². The van der Waals surface area contributed by atoms with Crippen molar-refractivity contribution in [1.82, 2.24) is 0 Å². The molecule has 1 unspecified atom stereocenters. The molecule has 0 fully saturated rings. The summed E-state index contributed by atoms with van der Waals surface area (Å²) in [6.45, 7) is 6.96. The third-order valence-electron chi connectivity index (χ3n) is 3.12. The van der Waals surface area contributed by atoms with E-state index >= 15 is 0 Å². The Balaban J connectivity index is 3.29. The van der Waals surface area contributed by atoms with Crippen LogP contribution in [0.25, 0.3) is 0 Å². The number of amidine groups is 1. The summed E-state index contributed by atoms with van der Waals surface area (Å²) in [5.74, 6) is -0.480. The Morgan fingerprint density at radius 1 is 1.50 bits per heavy atom. The zero-order valence-corrected chi connectivity index (χ0v) is 11.0. The topological polar surface area (TPSA) is 61.8 Å². The second kappa shape index (κ2) is 6.23. The van der Waals surface area contributed by atoms with Crippen molar-refractivity contribution in [2.45, 2.75) is 33.2 Å². The van der Waals surface area contributed by atoms with E-state index in [1.807, 2.05) is 6.92 Å². The zero-order chi connectivity index (χ0) is 13.7. The fourth-order valence-electron chi connectivity index (χ4n) is 1.96. The Hall–Kier alpha value is -1.78. The van der Waals surface area contributed by atoms with Crippen LogP contribution >= 0.6 is 0 Å². The van der Waals surface area contributed by atoms with E-state index in [9.17, 15) is 4.39 Å². The van der Waals surface area contributed by atoms with Gasteiger partial charge in [-0.1, -0.05) is 12.1 Å². The molecule has 3 N–H and O–H groups in total. The molecule has 0 aromatic heterocycles. The van der Waals surface area contributed by atoms with Gasteiger partial charge in [0.1, 0.15) is 5.82 Å². The number of oxime groups is 1. The predicted molar refractivity (Wildman–Crippen MR) is 71.7 cm³/mol. The van der Waals surface area contributed by atoms with Crippen LogP contribution in [0.15, 0.2) is 23.4 Å². The Morgan fingerprint density at radius 2 is 2.17 bits per heavy atom. The lowest BCUT2D eigenvalue weighted by Gasteiger charge is -2.31. The van der Waals surface area contributed by atoms with E-state index in [1.165, 1.54) is 12.1 Å². The van der Waals surface area contributed by atoms with E-state index in [1.54, 1.807) is 6.07 Å². The fraction of sp³-hybridized carbons (Fsp3) is 0.462. The van der Waals surface area contributed by atoms with Crippen LogP contribution in [-0.4, -0.2) is 23.6 Å². The van der Waals surface area contributed by atoms with Gasteiger partial charge in [-0.3, -0.25) is 0 Å². The van der Waals surface area contributed by atoms with Crippen LogP contribution in [0.3, 0.4) is 0 Å². The van der Waals surface area contributed by atoms with E-state index in [-0.39, 0.29) is 5.84 Å². The lowest BCUT2D eigenvalue weighted by molar-refractivity contribution is 0.318. The maximum Gasteiger partial charge on any atom is 0.172 e. The van der Waals surface area contributed by atoms with Crippen molar-refractivity contribution in [3.05, 3.63) is 29.6 Å². The lowest BCUT2D eigenvalue weighted by Crippen LogP contribution is -2.34. The first-order valence-corrected chi connectivity index (χ1v) is 6.09. The summed E-state index contributed by atoms with van der Waals surface area (Å²) in [6.07, 6.45) is 0.959. The molecule has 0 aliphatic heterocycles. The summed E-state index contributed by atoms with van der Waals surface area (Å²) in [4.78, 5) is 2.10. The summed E-state index contributed by atoms with van der Waals surface area (Å²) >= 11 is 0. The van der Waals surface area contributed by atoms with E-state index in [0.29, 0.717) is 11.6 Å². The molecule has 1 aromatic carbocycles. The smallest absolute Gasteiger partial charge is 0.172 e. The first-order valence-electron chi connectivity index (χ1n) is 6.09. The van der Waals surface area contributed by atoms with Gasteiger partial charge in [0, 0.05) is 23.8 Å². The number of anilines is 1. The summed E-state index contributed by atoms with van der Waals surface area (Å²) in [6, 6.07) is 4.63. The molecule has 0 saturated heterocycles. The monoisotopic (exact) mass is 253 g/mol. The Kier molecular flexibility index (Phi) is 4.95. The molecule has 0 radical (unpaired) electrons. The summed E-state index contributed by atoms with van der Waals surface area (Å²) in [7, 11) is 0. The van der Waals surface area contributed by atoms with Crippen LogP contribution in [-0.2, 0) is 0 Å². The van der Waals surface area contributed by atoms with Crippen LogP contribution in [0.1, 0.15) is 32.8 Å². The maximum atomic E-state index is 13.3. The molecule has 0 heterocycles. The van der Waals surface area contributed by atoms with Gasteiger partial charge in [-0.25, -0.2) is 4.39 Å². The molecule has 0 aliphatic carbocycles. The highest BCUT2D eigenvalue weighted by molar-refractivity contribution is 6.02. The number of hydrogen-bond acceptors (Lipinski definition) is 3. The average molecular weight is 253 g/mol. The van der Waals surface area contributed by atoms with Crippen LogP contribution in [0.5, 0.6) is 0 Å². The minimum Gasteiger partial charge on any atom is -0.409 e. The van der Waals surface area contributed by atoms with Crippen molar-refractivity contribution in [3.8, 4) is 0 Å².